The van der Waals surface area contributed by atoms with Gasteiger partial charge in [0.15, 0.2) is 0 Å². The summed E-state index contributed by atoms with van der Waals surface area (Å²) >= 11 is 0. The maximum atomic E-state index is 12.9. The first-order valence-corrected chi connectivity index (χ1v) is 7.71. The van der Waals surface area contributed by atoms with E-state index in [1.807, 2.05) is 17.0 Å². The molecule has 0 bridgehead atoms. The van der Waals surface area contributed by atoms with E-state index < -0.39 is 0 Å². The zero-order valence-electron chi connectivity index (χ0n) is 12.2. The lowest BCUT2D eigenvalue weighted by Gasteiger charge is -2.33. The number of ether oxygens (including phenoxy) is 1. The molecule has 0 spiro atoms. The number of halogens is 1. The Morgan fingerprint density at radius 3 is 2.62 bits per heavy atom. The lowest BCUT2D eigenvalue weighted by Crippen LogP contribution is -3.13. The van der Waals surface area contributed by atoms with E-state index in [0.29, 0.717) is 6.61 Å². The lowest BCUT2D eigenvalue weighted by atomic mass is 10.1. The van der Waals surface area contributed by atoms with Crippen LogP contribution in [-0.2, 0) is 16.1 Å². The molecule has 1 atom stereocenters. The summed E-state index contributed by atoms with van der Waals surface area (Å²) < 4.78 is 18.4. The summed E-state index contributed by atoms with van der Waals surface area (Å²) in [4.78, 5) is 15.6. The molecule has 0 saturated carbocycles. The molecule has 2 aliphatic rings. The average Bonchev–Trinajstić information content (AvgIpc) is 3.04. The topological polar surface area (TPSA) is 34.0 Å². The summed E-state index contributed by atoms with van der Waals surface area (Å²) in [6, 6.07) is 6.69. The van der Waals surface area contributed by atoms with Gasteiger partial charge in [-0.15, -0.1) is 0 Å². The van der Waals surface area contributed by atoms with Gasteiger partial charge in [-0.2, -0.15) is 0 Å². The molecule has 2 fully saturated rings. The van der Waals surface area contributed by atoms with Gasteiger partial charge in [0.1, 0.15) is 18.5 Å². The number of hydrogen-bond acceptors (Lipinski definition) is 2. The van der Waals surface area contributed by atoms with Crippen LogP contribution >= 0.6 is 0 Å². The fourth-order valence-electron chi connectivity index (χ4n) is 3.09. The van der Waals surface area contributed by atoms with Crippen molar-refractivity contribution in [3.63, 3.8) is 0 Å². The molecule has 0 aliphatic carbocycles. The van der Waals surface area contributed by atoms with Crippen LogP contribution in [0, 0.1) is 5.82 Å². The van der Waals surface area contributed by atoms with Crippen molar-refractivity contribution in [2.45, 2.75) is 25.5 Å². The highest BCUT2D eigenvalue weighted by Crippen LogP contribution is 2.14. The van der Waals surface area contributed by atoms with Gasteiger partial charge in [0.2, 0.25) is 0 Å². The van der Waals surface area contributed by atoms with Gasteiger partial charge < -0.3 is 14.5 Å². The molecule has 4 nitrogen and oxygen atoms in total. The highest BCUT2D eigenvalue weighted by Gasteiger charge is 2.31. The zero-order valence-corrected chi connectivity index (χ0v) is 12.2. The SMILES string of the molecule is O=C([C@@H]1CCCO1)N1CC[NH+](Cc2ccc(F)cc2)CC1. The van der Waals surface area contributed by atoms with E-state index >= 15 is 0 Å². The number of carbonyl (C=O) groups is 1. The molecule has 114 valence electrons. The van der Waals surface area contributed by atoms with Crippen LogP contribution in [0.1, 0.15) is 18.4 Å². The third-order valence-corrected chi connectivity index (χ3v) is 4.35. The number of carbonyl (C=O) groups excluding carboxylic acids is 1. The Labute approximate surface area is 124 Å². The number of hydrogen-bond donors (Lipinski definition) is 1. The molecule has 1 N–H and O–H groups in total. The average molecular weight is 293 g/mol. The van der Waals surface area contributed by atoms with Crippen molar-refractivity contribution in [3.8, 4) is 0 Å². The van der Waals surface area contributed by atoms with Gasteiger partial charge in [-0.25, -0.2) is 4.39 Å². The quantitative estimate of drug-likeness (QED) is 0.866. The Kier molecular flexibility index (Phi) is 4.51. The van der Waals surface area contributed by atoms with Gasteiger partial charge in [0.25, 0.3) is 5.91 Å². The molecule has 5 heteroatoms. The van der Waals surface area contributed by atoms with Crippen molar-refractivity contribution in [1.82, 2.24) is 4.90 Å². The zero-order chi connectivity index (χ0) is 14.7. The van der Waals surface area contributed by atoms with Crippen LogP contribution < -0.4 is 4.90 Å². The first-order valence-electron chi connectivity index (χ1n) is 7.71. The normalized spacial score (nSPS) is 23.5. The summed E-state index contributed by atoms with van der Waals surface area (Å²) in [7, 11) is 0. The fraction of sp³-hybridized carbons (Fsp3) is 0.562. The highest BCUT2D eigenvalue weighted by molar-refractivity contribution is 5.81. The number of piperazine rings is 1. The molecule has 21 heavy (non-hydrogen) atoms. The molecule has 0 aromatic heterocycles. The van der Waals surface area contributed by atoms with Gasteiger partial charge in [-0.3, -0.25) is 4.79 Å². The smallest absolute Gasteiger partial charge is 0.252 e. The maximum absolute atomic E-state index is 12.9. The number of quaternary nitrogens is 1. The number of benzene rings is 1. The molecule has 0 radical (unpaired) electrons. The molecule has 3 rings (SSSR count). The number of rotatable bonds is 3. The van der Waals surface area contributed by atoms with Crippen molar-refractivity contribution < 1.29 is 18.8 Å². The van der Waals surface area contributed by atoms with Gasteiger partial charge in [-0.05, 0) is 25.0 Å². The number of amides is 1. The maximum Gasteiger partial charge on any atom is 0.252 e. The predicted molar refractivity (Wildman–Crippen MR) is 76.4 cm³/mol. The Morgan fingerprint density at radius 1 is 1.29 bits per heavy atom. The van der Waals surface area contributed by atoms with E-state index in [-0.39, 0.29) is 17.8 Å². The van der Waals surface area contributed by atoms with E-state index in [1.54, 1.807) is 0 Å². The van der Waals surface area contributed by atoms with Crippen molar-refractivity contribution >= 4 is 5.91 Å². The van der Waals surface area contributed by atoms with Gasteiger partial charge in [0.05, 0.1) is 26.2 Å². The van der Waals surface area contributed by atoms with E-state index in [2.05, 4.69) is 0 Å². The van der Waals surface area contributed by atoms with E-state index in [0.717, 1.165) is 51.1 Å². The second kappa shape index (κ2) is 6.54. The number of nitrogens with one attached hydrogen (secondary N) is 1. The van der Waals surface area contributed by atoms with Crippen LogP contribution in [-0.4, -0.2) is 49.7 Å². The molecule has 0 unspecified atom stereocenters. The Balaban J connectivity index is 1.48. The fourth-order valence-corrected chi connectivity index (χ4v) is 3.09. The third kappa shape index (κ3) is 3.60. The highest BCUT2D eigenvalue weighted by atomic mass is 19.1. The first-order chi connectivity index (χ1) is 10.2. The Bertz CT molecular complexity index is 478. The molecule has 1 aromatic carbocycles. The summed E-state index contributed by atoms with van der Waals surface area (Å²) in [5.74, 6) is -0.0333. The summed E-state index contributed by atoms with van der Waals surface area (Å²) in [6.07, 6.45) is 1.65. The number of nitrogens with zero attached hydrogens (tertiary/aromatic N) is 1. The lowest BCUT2D eigenvalue weighted by molar-refractivity contribution is -0.917. The van der Waals surface area contributed by atoms with Gasteiger partial charge in [0, 0.05) is 12.2 Å². The minimum absolute atomic E-state index is 0.160. The standard InChI is InChI=1S/C16H21FN2O2/c17-14-5-3-13(4-6-14)12-18-7-9-19(10-8-18)16(20)15-2-1-11-21-15/h3-6,15H,1-2,7-12H2/p+1/t15-/m0/s1. The predicted octanol–water partition coefficient (Wildman–Crippen LogP) is 0.232. The Hall–Kier alpha value is -1.46. The molecule has 1 aromatic rings. The van der Waals surface area contributed by atoms with Crippen molar-refractivity contribution in [3.05, 3.63) is 35.6 Å². The third-order valence-electron chi connectivity index (χ3n) is 4.35. The van der Waals surface area contributed by atoms with Crippen LogP contribution in [0.3, 0.4) is 0 Å². The van der Waals surface area contributed by atoms with Crippen LogP contribution in [0.4, 0.5) is 4.39 Å². The van der Waals surface area contributed by atoms with Crippen LogP contribution in [0.5, 0.6) is 0 Å². The minimum Gasteiger partial charge on any atom is -0.368 e. The molecular weight excluding hydrogens is 271 g/mol. The molecule has 2 heterocycles. The Morgan fingerprint density at radius 2 is 2.00 bits per heavy atom. The summed E-state index contributed by atoms with van der Waals surface area (Å²) in [5.41, 5.74) is 1.14. The van der Waals surface area contributed by atoms with Gasteiger partial charge >= 0.3 is 0 Å². The second-order valence-electron chi connectivity index (χ2n) is 5.88. The van der Waals surface area contributed by atoms with Crippen molar-refractivity contribution in [1.29, 1.82) is 0 Å². The van der Waals surface area contributed by atoms with E-state index in [9.17, 15) is 9.18 Å². The van der Waals surface area contributed by atoms with Crippen molar-refractivity contribution in [2.75, 3.05) is 32.8 Å². The second-order valence-corrected chi connectivity index (χ2v) is 5.88. The largest absolute Gasteiger partial charge is 0.368 e. The molecule has 1 amide bonds. The molecule has 2 saturated heterocycles. The minimum atomic E-state index is -0.205. The molecular formula is C16H22FN2O2+. The van der Waals surface area contributed by atoms with Crippen LogP contribution in [0.15, 0.2) is 24.3 Å². The van der Waals surface area contributed by atoms with Crippen LogP contribution in [0.25, 0.3) is 0 Å². The summed E-state index contributed by atoms with van der Waals surface area (Å²) in [5, 5.41) is 0. The van der Waals surface area contributed by atoms with E-state index in [1.165, 1.54) is 17.0 Å². The summed E-state index contributed by atoms with van der Waals surface area (Å²) in [6.45, 7) is 5.06. The van der Waals surface area contributed by atoms with Crippen molar-refractivity contribution in [2.24, 2.45) is 0 Å². The monoisotopic (exact) mass is 293 g/mol. The van der Waals surface area contributed by atoms with E-state index in [4.69, 9.17) is 4.74 Å². The van der Waals surface area contributed by atoms with Gasteiger partial charge in [-0.1, -0.05) is 12.1 Å². The first kappa shape index (κ1) is 14.5. The van der Waals surface area contributed by atoms with Crippen LogP contribution in [0.2, 0.25) is 0 Å². The molecule has 2 aliphatic heterocycles.